The standard InChI is InChI=1S/C23H28N2O2/c1-16-10-11-21-19(13-22(26)27-23(21)17(16)2)14-24-15-20(25(3)4)12-18-8-6-5-7-9-18/h5-11,13,20,24H,12,14-15H2,1-4H3/p+2/t20-/m1/s1. The summed E-state index contributed by atoms with van der Waals surface area (Å²) >= 11 is 0. The fourth-order valence-electron chi connectivity index (χ4n) is 3.56. The average Bonchev–Trinajstić information content (AvgIpc) is 2.65. The van der Waals surface area contributed by atoms with E-state index in [0.717, 1.165) is 47.2 Å². The molecule has 3 aromatic rings. The number of hydrogen-bond acceptors (Lipinski definition) is 2. The van der Waals surface area contributed by atoms with Crippen LogP contribution in [-0.4, -0.2) is 26.7 Å². The summed E-state index contributed by atoms with van der Waals surface area (Å²) in [6, 6.07) is 17.0. The van der Waals surface area contributed by atoms with Crippen LogP contribution in [0.15, 0.2) is 57.7 Å². The van der Waals surface area contributed by atoms with Crippen LogP contribution in [0, 0.1) is 13.8 Å². The Bertz CT molecular complexity index is 961. The highest BCUT2D eigenvalue weighted by Crippen LogP contribution is 2.22. The number of rotatable bonds is 7. The molecule has 0 aliphatic rings. The number of hydrogen-bond donors (Lipinski definition) is 2. The predicted octanol–water partition coefficient (Wildman–Crippen LogP) is 1.23. The second-order valence-electron chi connectivity index (χ2n) is 7.67. The lowest BCUT2D eigenvalue weighted by Crippen LogP contribution is -3.14. The van der Waals surface area contributed by atoms with Gasteiger partial charge in [0.15, 0.2) is 0 Å². The number of likely N-dealkylation sites (N-methyl/N-ethyl adjacent to an activating group) is 1. The normalized spacial score (nSPS) is 12.6. The Morgan fingerprint density at radius 1 is 1.07 bits per heavy atom. The molecule has 0 aliphatic heterocycles. The maximum absolute atomic E-state index is 12.0. The molecule has 0 unspecified atom stereocenters. The third kappa shape index (κ3) is 4.65. The van der Waals surface area contributed by atoms with E-state index in [1.54, 1.807) is 6.07 Å². The third-order valence-electron chi connectivity index (χ3n) is 5.47. The Labute approximate surface area is 160 Å². The number of nitrogens with one attached hydrogen (secondary N) is 1. The van der Waals surface area contributed by atoms with Gasteiger partial charge in [0.05, 0.1) is 14.1 Å². The number of quaternary nitrogens is 2. The number of fused-ring (bicyclic) bond motifs is 1. The lowest BCUT2D eigenvalue weighted by atomic mass is 10.0. The molecule has 0 amide bonds. The minimum atomic E-state index is -0.265. The molecule has 0 radical (unpaired) electrons. The van der Waals surface area contributed by atoms with Gasteiger partial charge in [0.2, 0.25) is 0 Å². The van der Waals surface area contributed by atoms with Gasteiger partial charge in [0.25, 0.3) is 0 Å². The van der Waals surface area contributed by atoms with Crippen molar-refractivity contribution in [1.82, 2.24) is 0 Å². The average molecular weight is 367 g/mol. The Morgan fingerprint density at radius 2 is 1.81 bits per heavy atom. The molecule has 2 aromatic carbocycles. The van der Waals surface area contributed by atoms with Gasteiger partial charge in [-0.3, -0.25) is 0 Å². The summed E-state index contributed by atoms with van der Waals surface area (Å²) in [6.07, 6.45) is 1.05. The Hall–Kier alpha value is -2.43. The Morgan fingerprint density at radius 3 is 2.52 bits per heavy atom. The zero-order valence-electron chi connectivity index (χ0n) is 16.7. The fourth-order valence-corrected chi connectivity index (χ4v) is 3.56. The minimum absolute atomic E-state index is 0.265. The summed E-state index contributed by atoms with van der Waals surface area (Å²) in [7, 11) is 4.42. The molecule has 1 aromatic heterocycles. The SMILES string of the molecule is Cc1ccc2c(C[NH2+]C[C@@H](Cc3ccccc3)[NH+](C)C)cc(=O)oc2c1C. The highest BCUT2D eigenvalue weighted by atomic mass is 16.4. The number of nitrogens with two attached hydrogens (primary N) is 1. The highest BCUT2D eigenvalue weighted by molar-refractivity contribution is 5.83. The van der Waals surface area contributed by atoms with Crippen LogP contribution in [0.4, 0.5) is 0 Å². The van der Waals surface area contributed by atoms with E-state index >= 15 is 0 Å². The van der Waals surface area contributed by atoms with Crippen molar-refractivity contribution >= 4 is 11.0 Å². The Kier molecular flexibility index (Phi) is 6.09. The smallest absolute Gasteiger partial charge is 0.336 e. The molecule has 0 aliphatic carbocycles. The summed E-state index contributed by atoms with van der Waals surface area (Å²) < 4.78 is 5.49. The summed E-state index contributed by atoms with van der Waals surface area (Å²) in [6.45, 7) is 5.84. The van der Waals surface area contributed by atoms with Gasteiger partial charge >= 0.3 is 5.63 Å². The molecule has 0 saturated carbocycles. The molecule has 142 valence electrons. The van der Waals surface area contributed by atoms with Gasteiger partial charge < -0.3 is 14.6 Å². The zero-order valence-corrected chi connectivity index (χ0v) is 16.7. The van der Waals surface area contributed by atoms with Crippen molar-refractivity contribution in [3.63, 3.8) is 0 Å². The van der Waals surface area contributed by atoms with Crippen molar-refractivity contribution in [3.8, 4) is 0 Å². The molecule has 1 atom stereocenters. The van der Waals surface area contributed by atoms with E-state index in [4.69, 9.17) is 4.42 Å². The lowest BCUT2D eigenvalue weighted by molar-refractivity contribution is -0.903. The first kappa shape index (κ1) is 19.3. The van der Waals surface area contributed by atoms with Crippen LogP contribution in [0.5, 0.6) is 0 Å². The number of aryl methyl sites for hydroxylation is 2. The molecule has 4 nitrogen and oxygen atoms in total. The van der Waals surface area contributed by atoms with Gasteiger partial charge in [0.1, 0.15) is 24.7 Å². The molecule has 4 heteroatoms. The predicted molar refractivity (Wildman–Crippen MR) is 109 cm³/mol. The van der Waals surface area contributed by atoms with Crippen LogP contribution < -0.4 is 15.8 Å². The second-order valence-corrected chi connectivity index (χ2v) is 7.67. The van der Waals surface area contributed by atoms with E-state index in [1.807, 2.05) is 13.8 Å². The third-order valence-corrected chi connectivity index (χ3v) is 5.47. The highest BCUT2D eigenvalue weighted by Gasteiger charge is 2.18. The van der Waals surface area contributed by atoms with E-state index < -0.39 is 0 Å². The molecule has 3 rings (SSSR count). The van der Waals surface area contributed by atoms with Gasteiger partial charge in [-0.15, -0.1) is 0 Å². The van der Waals surface area contributed by atoms with Gasteiger partial charge in [0, 0.05) is 23.4 Å². The monoisotopic (exact) mass is 366 g/mol. The van der Waals surface area contributed by atoms with E-state index in [0.29, 0.717) is 6.04 Å². The van der Waals surface area contributed by atoms with Crippen molar-refractivity contribution in [3.05, 3.63) is 81.2 Å². The van der Waals surface area contributed by atoms with Gasteiger partial charge in [-0.1, -0.05) is 42.5 Å². The maximum Gasteiger partial charge on any atom is 0.336 e. The quantitative estimate of drug-likeness (QED) is 0.618. The molecule has 0 spiro atoms. The van der Waals surface area contributed by atoms with E-state index in [1.165, 1.54) is 10.5 Å². The van der Waals surface area contributed by atoms with Crippen LogP contribution in [0.2, 0.25) is 0 Å². The fraction of sp³-hybridized carbons (Fsp3) is 0.348. The van der Waals surface area contributed by atoms with Crippen LogP contribution in [0.3, 0.4) is 0 Å². The van der Waals surface area contributed by atoms with Crippen molar-refractivity contribution < 1.29 is 14.6 Å². The van der Waals surface area contributed by atoms with Crippen molar-refractivity contribution in [2.45, 2.75) is 32.9 Å². The maximum atomic E-state index is 12.0. The van der Waals surface area contributed by atoms with E-state index in [-0.39, 0.29) is 5.63 Å². The largest absolute Gasteiger partial charge is 0.422 e. The minimum Gasteiger partial charge on any atom is -0.422 e. The molecular formula is C23H30N2O2+2. The van der Waals surface area contributed by atoms with Crippen LogP contribution in [-0.2, 0) is 13.0 Å². The Balaban J connectivity index is 1.74. The van der Waals surface area contributed by atoms with Gasteiger partial charge in [-0.2, -0.15) is 0 Å². The van der Waals surface area contributed by atoms with Crippen molar-refractivity contribution in [2.24, 2.45) is 0 Å². The summed E-state index contributed by atoms with van der Waals surface area (Å²) in [5.41, 5.74) is 5.08. The topological polar surface area (TPSA) is 51.3 Å². The molecule has 0 bridgehead atoms. The molecule has 1 heterocycles. The summed E-state index contributed by atoms with van der Waals surface area (Å²) in [5.74, 6) is 0. The lowest BCUT2D eigenvalue weighted by Gasteiger charge is -2.20. The van der Waals surface area contributed by atoms with Gasteiger partial charge in [-0.25, -0.2) is 4.79 Å². The molecule has 3 N–H and O–H groups in total. The molecule has 0 saturated heterocycles. The first-order valence-electron chi connectivity index (χ1n) is 9.64. The van der Waals surface area contributed by atoms with Crippen LogP contribution >= 0.6 is 0 Å². The van der Waals surface area contributed by atoms with E-state index in [9.17, 15) is 4.79 Å². The van der Waals surface area contributed by atoms with Crippen molar-refractivity contribution in [2.75, 3.05) is 20.6 Å². The second kappa shape index (κ2) is 8.51. The van der Waals surface area contributed by atoms with Gasteiger partial charge in [-0.05, 0) is 30.5 Å². The molecule has 27 heavy (non-hydrogen) atoms. The van der Waals surface area contributed by atoms with Crippen LogP contribution in [0.25, 0.3) is 11.0 Å². The first-order chi connectivity index (χ1) is 13.0. The molecule has 0 fully saturated rings. The van der Waals surface area contributed by atoms with Crippen molar-refractivity contribution in [1.29, 1.82) is 0 Å². The summed E-state index contributed by atoms with van der Waals surface area (Å²) in [4.78, 5) is 13.5. The number of benzene rings is 2. The zero-order chi connectivity index (χ0) is 19.4. The molecular weight excluding hydrogens is 336 g/mol. The summed E-state index contributed by atoms with van der Waals surface area (Å²) in [5, 5.41) is 3.36. The van der Waals surface area contributed by atoms with Crippen LogP contribution in [0.1, 0.15) is 22.3 Å². The van der Waals surface area contributed by atoms with E-state index in [2.05, 4.69) is 61.9 Å². The first-order valence-corrected chi connectivity index (χ1v) is 9.64.